The molecule has 9 heteroatoms. The van der Waals surface area contributed by atoms with Crippen LogP contribution in [0.3, 0.4) is 0 Å². The number of carbonyl (C=O) groups excluding carboxylic acids is 2. The van der Waals surface area contributed by atoms with E-state index in [4.69, 9.17) is 0 Å². The Morgan fingerprint density at radius 1 is 1.05 bits per heavy atom. The van der Waals surface area contributed by atoms with Crippen LogP contribution in [0.2, 0.25) is 0 Å². The smallest absolute Gasteiger partial charge is 0.339 e. The highest BCUT2D eigenvalue weighted by molar-refractivity contribution is 7.86. The van der Waals surface area contributed by atoms with E-state index in [0.717, 1.165) is 14.2 Å². The molecule has 0 bridgehead atoms. The van der Waals surface area contributed by atoms with Gasteiger partial charge in [-0.1, -0.05) is 18.2 Å². The van der Waals surface area contributed by atoms with E-state index in [2.05, 4.69) is 13.7 Å². The lowest BCUT2D eigenvalue weighted by molar-refractivity contribution is -0.167. The highest BCUT2D eigenvalue weighted by atomic mass is 32.2. The Morgan fingerprint density at radius 3 is 2.05 bits per heavy atom. The van der Waals surface area contributed by atoms with Crippen LogP contribution >= 0.6 is 0 Å². The number of hydrogen-bond donors (Lipinski definition) is 1. The summed E-state index contributed by atoms with van der Waals surface area (Å²) in [6.07, 6.45) is -4.20. The quantitative estimate of drug-likeness (QED) is 0.549. The normalized spacial score (nSPS) is 14.0. The Morgan fingerprint density at radius 2 is 1.57 bits per heavy atom. The van der Waals surface area contributed by atoms with Gasteiger partial charge in [-0.15, -0.1) is 0 Å². The molecule has 21 heavy (non-hydrogen) atoms. The lowest BCUT2D eigenvalue weighted by Crippen LogP contribution is -2.44. The molecule has 2 unspecified atom stereocenters. The van der Waals surface area contributed by atoms with E-state index in [1.807, 2.05) is 0 Å². The Labute approximate surface area is 121 Å². The van der Waals surface area contributed by atoms with Crippen molar-refractivity contribution >= 4 is 22.1 Å². The second-order valence-corrected chi connectivity index (χ2v) is 5.35. The van der Waals surface area contributed by atoms with Crippen LogP contribution in [0, 0.1) is 0 Å². The summed E-state index contributed by atoms with van der Waals surface area (Å²) in [6.45, 7) is 0. The van der Waals surface area contributed by atoms with Crippen LogP contribution in [0.15, 0.2) is 35.2 Å². The highest BCUT2D eigenvalue weighted by Crippen LogP contribution is 2.16. The average molecular weight is 318 g/mol. The number of carbonyl (C=O) groups is 2. The molecular formula is C12H14O8S. The number of hydrogen-bond acceptors (Lipinski definition) is 8. The molecule has 2 atom stereocenters. The predicted molar refractivity (Wildman–Crippen MR) is 68.5 cm³/mol. The SMILES string of the molecule is COC(=O)C(O)C(OS(=O)(=O)c1ccccc1)C(=O)OC. The number of methoxy groups -OCH3 is 2. The summed E-state index contributed by atoms with van der Waals surface area (Å²) >= 11 is 0. The molecule has 0 fully saturated rings. The third-order valence-electron chi connectivity index (χ3n) is 2.43. The van der Waals surface area contributed by atoms with Gasteiger partial charge in [0.1, 0.15) is 0 Å². The fourth-order valence-electron chi connectivity index (χ4n) is 1.36. The van der Waals surface area contributed by atoms with Gasteiger partial charge in [-0.3, -0.25) is 0 Å². The molecule has 1 rings (SSSR count). The van der Waals surface area contributed by atoms with Gasteiger partial charge in [-0.05, 0) is 12.1 Å². The second kappa shape index (κ2) is 7.16. The topological polar surface area (TPSA) is 116 Å². The van der Waals surface area contributed by atoms with Crippen molar-refractivity contribution in [1.29, 1.82) is 0 Å². The van der Waals surface area contributed by atoms with Crippen LogP contribution in [-0.4, -0.2) is 51.9 Å². The Balaban J connectivity index is 3.07. The van der Waals surface area contributed by atoms with Crippen molar-refractivity contribution in [3.8, 4) is 0 Å². The van der Waals surface area contributed by atoms with Crippen molar-refractivity contribution in [3.63, 3.8) is 0 Å². The summed E-state index contributed by atoms with van der Waals surface area (Å²) < 4.78 is 37.1. The molecule has 0 aromatic heterocycles. The largest absolute Gasteiger partial charge is 0.467 e. The van der Waals surface area contributed by atoms with Crippen LogP contribution in [0.5, 0.6) is 0 Å². The molecule has 0 saturated heterocycles. The fourth-order valence-corrected chi connectivity index (χ4v) is 2.42. The van der Waals surface area contributed by atoms with Crippen molar-refractivity contribution < 1.29 is 36.8 Å². The molecule has 0 aliphatic carbocycles. The van der Waals surface area contributed by atoms with Crippen LogP contribution < -0.4 is 0 Å². The van der Waals surface area contributed by atoms with Gasteiger partial charge in [-0.2, -0.15) is 8.42 Å². The number of benzene rings is 1. The van der Waals surface area contributed by atoms with Crippen LogP contribution in [0.25, 0.3) is 0 Å². The van der Waals surface area contributed by atoms with Gasteiger partial charge >= 0.3 is 11.9 Å². The summed E-state index contributed by atoms with van der Waals surface area (Å²) in [5.41, 5.74) is 0. The number of esters is 2. The minimum Gasteiger partial charge on any atom is -0.467 e. The maximum atomic E-state index is 12.0. The number of aliphatic hydroxyl groups is 1. The van der Waals surface area contributed by atoms with E-state index in [1.54, 1.807) is 6.07 Å². The van der Waals surface area contributed by atoms with Crippen molar-refractivity contribution in [1.82, 2.24) is 0 Å². The van der Waals surface area contributed by atoms with Crippen molar-refractivity contribution in [2.24, 2.45) is 0 Å². The molecule has 1 aromatic rings. The second-order valence-electron chi connectivity index (χ2n) is 3.78. The van der Waals surface area contributed by atoms with E-state index >= 15 is 0 Å². The van der Waals surface area contributed by atoms with Crippen molar-refractivity contribution in [3.05, 3.63) is 30.3 Å². The van der Waals surface area contributed by atoms with Gasteiger partial charge in [0.2, 0.25) is 6.10 Å². The van der Waals surface area contributed by atoms with Gasteiger partial charge in [0.25, 0.3) is 10.1 Å². The molecule has 0 heterocycles. The summed E-state index contributed by atoms with van der Waals surface area (Å²) in [5, 5.41) is 9.62. The zero-order valence-corrected chi connectivity index (χ0v) is 12.1. The number of ether oxygens (including phenoxy) is 2. The molecule has 0 spiro atoms. The average Bonchev–Trinajstić information content (AvgIpc) is 2.51. The first-order chi connectivity index (χ1) is 9.83. The van der Waals surface area contributed by atoms with E-state index in [-0.39, 0.29) is 4.90 Å². The highest BCUT2D eigenvalue weighted by Gasteiger charge is 2.39. The molecule has 1 aromatic carbocycles. The van der Waals surface area contributed by atoms with Gasteiger partial charge in [-0.25, -0.2) is 13.8 Å². The first kappa shape index (κ1) is 17.1. The molecule has 0 aliphatic rings. The first-order valence-electron chi connectivity index (χ1n) is 5.65. The minimum absolute atomic E-state index is 0.240. The third kappa shape index (κ3) is 4.25. The van der Waals surface area contributed by atoms with Crippen LogP contribution in [0.1, 0.15) is 0 Å². The van der Waals surface area contributed by atoms with Crippen LogP contribution in [-0.2, 0) is 33.4 Å². The zero-order valence-electron chi connectivity index (χ0n) is 11.3. The summed E-state index contributed by atoms with van der Waals surface area (Å²) in [7, 11) is -2.45. The van der Waals surface area contributed by atoms with Crippen LogP contribution in [0.4, 0.5) is 0 Å². The van der Waals surface area contributed by atoms with E-state index in [1.165, 1.54) is 24.3 Å². The standard InChI is InChI=1S/C12H14O8S/c1-18-11(14)9(13)10(12(15)19-2)20-21(16,17)8-6-4-3-5-7-8/h3-7,9-10,13H,1-2H3. The summed E-state index contributed by atoms with van der Waals surface area (Å²) in [6, 6.07) is 6.93. The maximum Gasteiger partial charge on any atom is 0.339 e. The van der Waals surface area contributed by atoms with Gasteiger partial charge in [0, 0.05) is 0 Å². The third-order valence-corrected chi connectivity index (χ3v) is 3.74. The minimum atomic E-state index is -4.37. The van der Waals surface area contributed by atoms with Gasteiger partial charge in [0.15, 0.2) is 6.10 Å². The van der Waals surface area contributed by atoms with E-state index in [0.29, 0.717) is 0 Å². The Kier molecular flexibility index (Phi) is 5.82. The maximum absolute atomic E-state index is 12.0. The molecule has 1 N–H and O–H groups in total. The molecule has 116 valence electrons. The van der Waals surface area contributed by atoms with Gasteiger partial charge in [0.05, 0.1) is 19.1 Å². The summed E-state index contributed by atoms with van der Waals surface area (Å²) in [5.74, 6) is -2.46. The Hall–Kier alpha value is -1.97. The molecule has 0 aliphatic heterocycles. The zero-order chi connectivity index (χ0) is 16.0. The monoisotopic (exact) mass is 318 g/mol. The lowest BCUT2D eigenvalue weighted by Gasteiger charge is -2.18. The van der Waals surface area contributed by atoms with Crippen molar-refractivity contribution in [2.45, 2.75) is 17.1 Å². The molecule has 0 radical (unpaired) electrons. The molecule has 0 saturated carbocycles. The fraction of sp³-hybridized carbons (Fsp3) is 0.333. The predicted octanol–water partition coefficient (Wildman–Crippen LogP) is -0.533. The van der Waals surface area contributed by atoms with E-state index in [9.17, 15) is 23.1 Å². The number of aliphatic hydroxyl groups excluding tert-OH is 1. The lowest BCUT2D eigenvalue weighted by atomic mass is 10.2. The molecule has 8 nitrogen and oxygen atoms in total. The Bertz CT molecular complexity index is 595. The summed E-state index contributed by atoms with van der Waals surface area (Å²) in [4.78, 5) is 22.5. The molecular weight excluding hydrogens is 304 g/mol. The van der Waals surface area contributed by atoms with Gasteiger partial charge < -0.3 is 14.6 Å². The first-order valence-corrected chi connectivity index (χ1v) is 7.06. The van der Waals surface area contributed by atoms with E-state index < -0.39 is 34.3 Å². The van der Waals surface area contributed by atoms with Crippen molar-refractivity contribution in [2.75, 3.05) is 14.2 Å². The number of rotatable bonds is 6. The molecule has 0 amide bonds.